The molecule has 0 spiro atoms. The first-order valence-corrected chi connectivity index (χ1v) is 6.80. The summed E-state index contributed by atoms with van der Waals surface area (Å²) in [4.78, 5) is 0. The molecule has 90 valence electrons. The average molecular weight is 212 g/mol. The van der Waals surface area contributed by atoms with Crippen LogP contribution >= 0.6 is 0 Å². The van der Waals surface area contributed by atoms with E-state index in [1.54, 1.807) is 0 Å². The van der Waals surface area contributed by atoms with Gasteiger partial charge in [0, 0.05) is 0 Å². The van der Waals surface area contributed by atoms with E-state index in [2.05, 4.69) is 0 Å². The van der Waals surface area contributed by atoms with Crippen LogP contribution in [0.3, 0.4) is 0 Å². The Balaban J connectivity index is 1.83. The first kappa shape index (κ1) is 13.0. The predicted molar refractivity (Wildman–Crippen MR) is 66.4 cm³/mol. The van der Waals surface area contributed by atoms with Gasteiger partial charge in [-0.05, 0) is 12.3 Å². The molecule has 0 aromatic heterocycles. The molecule has 0 atom stereocenters. The number of rotatable bonds is 7. The number of hydrogen-bond donors (Lipinski definition) is 2. The zero-order chi connectivity index (χ0) is 10.9. The maximum absolute atomic E-state index is 5.50. The molecule has 0 unspecified atom stereocenters. The highest BCUT2D eigenvalue weighted by atomic mass is 14.8. The molecule has 0 heterocycles. The Hall–Kier alpha value is -0.0800. The highest BCUT2D eigenvalue weighted by Gasteiger charge is 2.12. The first-order valence-electron chi connectivity index (χ1n) is 6.80. The fourth-order valence-corrected chi connectivity index (χ4v) is 2.64. The molecule has 0 bridgehead atoms. The molecule has 0 amide bonds. The molecule has 1 fully saturated rings. The minimum Gasteiger partial charge on any atom is -0.316 e. The second-order valence-corrected chi connectivity index (χ2v) is 5.16. The van der Waals surface area contributed by atoms with Crippen molar-refractivity contribution in [2.75, 3.05) is 0 Å². The van der Waals surface area contributed by atoms with Crippen LogP contribution in [0.25, 0.3) is 0 Å². The maximum Gasteiger partial charge on any atom is 0.0520 e. The molecule has 4 N–H and O–H groups in total. The van der Waals surface area contributed by atoms with Crippen molar-refractivity contribution in [2.45, 2.75) is 76.8 Å². The highest BCUT2D eigenvalue weighted by molar-refractivity contribution is 4.65. The molecule has 0 saturated heterocycles. The third-order valence-electron chi connectivity index (χ3n) is 3.62. The van der Waals surface area contributed by atoms with Gasteiger partial charge in [0.05, 0.1) is 6.17 Å². The fourth-order valence-electron chi connectivity index (χ4n) is 2.64. The van der Waals surface area contributed by atoms with Gasteiger partial charge in [-0.2, -0.15) is 0 Å². The zero-order valence-corrected chi connectivity index (χ0v) is 10.1. The van der Waals surface area contributed by atoms with E-state index in [0.29, 0.717) is 0 Å². The van der Waals surface area contributed by atoms with E-state index in [4.69, 9.17) is 11.5 Å². The summed E-state index contributed by atoms with van der Waals surface area (Å²) in [5.74, 6) is 1.05. The monoisotopic (exact) mass is 212 g/mol. The zero-order valence-electron chi connectivity index (χ0n) is 10.1. The van der Waals surface area contributed by atoms with Crippen molar-refractivity contribution in [1.82, 2.24) is 0 Å². The number of nitrogens with two attached hydrogens (primary N) is 2. The van der Waals surface area contributed by atoms with Crippen LogP contribution in [-0.4, -0.2) is 6.17 Å². The van der Waals surface area contributed by atoms with Crippen molar-refractivity contribution in [1.29, 1.82) is 0 Å². The van der Waals surface area contributed by atoms with Gasteiger partial charge >= 0.3 is 0 Å². The Morgan fingerprint density at radius 3 is 2.20 bits per heavy atom. The average Bonchev–Trinajstić information content (AvgIpc) is 2.24. The Bertz CT molecular complexity index is 139. The summed E-state index contributed by atoms with van der Waals surface area (Å²) in [5, 5.41) is 0. The largest absolute Gasteiger partial charge is 0.316 e. The summed E-state index contributed by atoms with van der Waals surface area (Å²) < 4.78 is 0. The lowest BCUT2D eigenvalue weighted by atomic mass is 9.85. The van der Waals surface area contributed by atoms with E-state index in [-0.39, 0.29) is 6.17 Å². The smallest absolute Gasteiger partial charge is 0.0520 e. The molecule has 15 heavy (non-hydrogen) atoms. The Labute approximate surface area is 94.8 Å². The van der Waals surface area contributed by atoms with Gasteiger partial charge in [-0.3, -0.25) is 0 Å². The van der Waals surface area contributed by atoms with Gasteiger partial charge in [-0.15, -0.1) is 0 Å². The van der Waals surface area contributed by atoms with Crippen molar-refractivity contribution in [3.05, 3.63) is 0 Å². The standard InChI is InChI=1S/C13H28N2/c14-13(15)11-7-2-1-4-8-12-9-5-3-6-10-12/h12-13H,1-11,14-15H2. The molecular formula is C13H28N2. The Morgan fingerprint density at radius 2 is 1.53 bits per heavy atom. The lowest BCUT2D eigenvalue weighted by Gasteiger charge is -2.21. The van der Waals surface area contributed by atoms with Crippen molar-refractivity contribution < 1.29 is 0 Å². The molecule has 1 aliphatic carbocycles. The van der Waals surface area contributed by atoms with E-state index < -0.39 is 0 Å². The minimum atomic E-state index is -0.0941. The SMILES string of the molecule is NC(N)CCCCCCC1CCCCC1. The van der Waals surface area contributed by atoms with E-state index in [1.165, 1.54) is 64.2 Å². The molecule has 2 nitrogen and oxygen atoms in total. The summed E-state index contributed by atoms with van der Waals surface area (Å²) >= 11 is 0. The Morgan fingerprint density at radius 1 is 0.867 bits per heavy atom. The Kier molecular flexibility index (Phi) is 7.03. The molecule has 1 rings (SSSR count). The van der Waals surface area contributed by atoms with Gasteiger partial charge in [0.1, 0.15) is 0 Å². The molecule has 0 radical (unpaired) electrons. The van der Waals surface area contributed by atoms with E-state index in [0.717, 1.165) is 12.3 Å². The van der Waals surface area contributed by atoms with Crippen LogP contribution in [-0.2, 0) is 0 Å². The highest BCUT2D eigenvalue weighted by Crippen LogP contribution is 2.27. The summed E-state index contributed by atoms with van der Waals surface area (Å²) in [6.07, 6.45) is 15.1. The van der Waals surface area contributed by atoms with Crippen molar-refractivity contribution >= 4 is 0 Å². The van der Waals surface area contributed by atoms with Crippen molar-refractivity contribution in [3.63, 3.8) is 0 Å². The summed E-state index contributed by atoms with van der Waals surface area (Å²) in [6, 6.07) is 0. The summed E-state index contributed by atoms with van der Waals surface area (Å²) in [6.45, 7) is 0. The van der Waals surface area contributed by atoms with Gasteiger partial charge in [-0.25, -0.2) is 0 Å². The van der Waals surface area contributed by atoms with Crippen LogP contribution in [0.15, 0.2) is 0 Å². The van der Waals surface area contributed by atoms with Crippen LogP contribution in [0.5, 0.6) is 0 Å². The number of unbranched alkanes of at least 4 members (excludes halogenated alkanes) is 3. The van der Waals surface area contributed by atoms with Gasteiger partial charge in [0.25, 0.3) is 0 Å². The van der Waals surface area contributed by atoms with Crippen LogP contribution in [0.2, 0.25) is 0 Å². The molecule has 0 aliphatic heterocycles. The quantitative estimate of drug-likeness (QED) is 0.503. The van der Waals surface area contributed by atoms with Gasteiger partial charge in [-0.1, -0.05) is 64.2 Å². The topological polar surface area (TPSA) is 52.0 Å². The van der Waals surface area contributed by atoms with Gasteiger partial charge < -0.3 is 11.5 Å². The molecule has 0 aromatic carbocycles. The molecule has 0 aromatic rings. The number of hydrogen-bond acceptors (Lipinski definition) is 2. The predicted octanol–water partition coefficient (Wildman–Crippen LogP) is 3.15. The normalized spacial score (nSPS) is 18.6. The van der Waals surface area contributed by atoms with E-state index in [9.17, 15) is 0 Å². The summed E-state index contributed by atoms with van der Waals surface area (Å²) in [7, 11) is 0. The van der Waals surface area contributed by atoms with Crippen LogP contribution < -0.4 is 11.5 Å². The van der Waals surface area contributed by atoms with E-state index >= 15 is 0 Å². The third kappa shape index (κ3) is 6.91. The lowest BCUT2D eigenvalue weighted by molar-refractivity contribution is 0.327. The molecule has 1 saturated carbocycles. The van der Waals surface area contributed by atoms with Gasteiger partial charge in [0.15, 0.2) is 0 Å². The van der Waals surface area contributed by atoms with Crippen LogP contribution in [0.1, 0.15) is 70.6 Å². The second-order valence-electron chi connectivity index (χ2n) is 5.16. The molecule has 1 aliphatic rings. The summed E-state index contributed by atoms with van der Waals surface area (Å²) in [5.41, 5.74) is 11.0. The van der Waals surface area contributed by atoms with E-state index in [1.807, 2.05) is 0 Å². The first-order chi connectivity index (χ1) is 7.29. The molecular weight excluding hydrogens is 184 g/mol. The second kappa shape index (κ2) is 8.12. The minimum absolute atomic E-state index is 0.0941. The van der Waals surface area contributed by atoms with Gasteiger partial charge in [0.2, 0.25) is 0 Å². The maximum atomic E-state index is 5.50. The van der Waals surface area contributed by atoms with Crippen LogP contribution in [0, 0.1) is 5.92 Å². The van der Waals surface area contributed by atoms with Crippen molar-refractivity contribution in [2.24, 2.45) is 17.4 Å². The lowest BCUT2D eigenvalue weighted by Crippen LogP contribution is -2.29. The third-order valence-corrected chi connectivity index (χ3v) is 3.62. The molecule has 2 heteroatoms. The van der Waals surface area contributed by atoms with Crippen molar-refractivity contribution in [3.8, 4) is 0 Å². The fraction of sp³-hybridized carbons (Fsp3) is 1.00. The van der Waals surface area contributed by atoms with Crippen LogP contribution in [0.4, 0.5) is 0 Å².